The first-order chi connectivity index (χ1) is 8.99. The highest BCUT2D eigenvalue weighted by Gasteiger charge is 2.22. The molecule has 0 fully saturated rings. The van der Waals surface area contributed by atoms with Gasteiger partial charge in [-0.3, -0.25) is 4.90 Å². The maximum atomic E-state index is 13.1. The Morgan fingerprint density at radius 3 is 2.63 bits per heavy atom. The van der Waals surface area contributed by atoms with Crippen molar-refractivity contribution in [3.63, 3.8) is 0 Å². The molecule has 0 saturated heterocycles. The molecule has 1 aromatic carbocycles. The van der Waals surface area contributed by atoms with E-state index in [9.17, 15) is 14.0 Å². The van der Waals surface area contributed by atoms with Crippen molar-refractivity contribution in [1.29, 1.82) is 0 Å². The second-order valence-electron chi connectivity index (χ2n) is 3.75. The molecule has 0 bridgehead atoms. The average Bonchev–Trinajstić information content (AvgIpc) is 2.36. The number of nitrogens with zero attached hydrogens (tertiary/aromatic N) is 1. The molecular formula is C12H15FN2O4. The molecule has 3 N–H and O–H groups in total. The highest BCUT2D eigenvalue weighted by atomic mass is 19.1. The number of aliphatic carboxylic acids is 1. The van der Waals surface area contributed by atoms with E-state index in [1.54, 1.807) is 6.92 Å². The molecule has 0 spiro atoms. The first-order valence-electron chi connectivity index (χ1n) is 5.66. The van der Waals surface area contributed by atoms with Gasteiger partial charge in [-0.25, -0.2) is 14.0 Å². The lowest BCUT2D eigenvalue weighted by Crippen LogP contribution is -2.49. The molecule has 0 aromatic heterocycles. The van der Waals surface area contributed by atoms with E-state index in [2.05, 4.69) is 5.32 Å². The number of nitrogens with one attached hydrogen (secondary N) is 1. The van der Waals surface area contributed by atoms with Crippen LogP contribution in [0.5, 0.6) is 0 Å². The van der Waals surface area contributed by atoms with Crippen LogP contribution in [0.25, 0.3) is 0 Å². The lowest BCUT2D eigenvalue weighted by atomic mass is 10.2. The van der Waals surface area contributed by atoms with Crippen LogP contribution < -0.4 is 10.2 Å². The van der Waals surface area contributed by atoms with Gasteiger partial charge in [0.25, 0.3) is 0 Å². The molecule has 0 aliphatic rings. The van der Waals surface area contributed by atoms with Crippen LogP contribution in [0, 0.1) is 5.82 Å². The van der Waals surface area contributed by atoms with Crippen LogP contribution in [-0.4, -0.2) is 41.4 Å². The van der Waals surface area contributed by atoms with Crippen molar-refractivity contribution in [2.75, 3.05) is 18.1 Å². The number of carboxylic acid groups (broad SMARTS) is 1. The predicted molar refractivity (Wildman–Crippen MR) is 66.5 cm³/mol. The maximum absolute atomic E-state index is 13.1. The van der Waals surface area contributed by atoms with Gasteiger partial charge in [0.15, 0.2) is 6.04 Å². The van der Waals surface area contributed by atoms with Gasteiger partial charge < -0.3 is 15.5 Å². The topological polar surface area (TPSA) is 89.9 Å². The van der Waals surface area contributed by atoms with Crippen molar-refractivity contribution in [3.8, 4) is 0 Å². The van der Waals surface area contributed by atoms with Crippen molar-refractivity contribution in [2.24, 2.45) is 0 Å². The minimum Gasteiger partial charge on any atom is -0.480 e. The molecule has 7 heteroatoms. The summed E-state index contributed by atoms with van der Waals surface area (Å²) in [6, 6.07) is 3.27. The molecule has 1 rings (SSSR count). The van der Waals surface area contributed by atoms with Crippen LogP contribution in [0.15, 0.2) is 24.3 Å². The first kappa shape index (κ1) is 14.9. The second-order valence-corrected chi connectivity index (χ2v) is 3.75. The fraction of sp³-hybridized carbons (Fsp3) is 0.333. The number of benzene rings is 1. The number of anilines is 1. The number of hydrogen-bond acceptors (Lipinski definition) is 3. The fourth-order valence-corrected chi connectivity index (χ4v) is 1.50. The number of rotatable bonds is 5. The summed E-state index contributed by atoms with van der Waals surface area (Å²) < 4.78 is 13.1. The molecule has 1 unspecified atom stereocenters. The van der Waals surface area contributed by atoms with Gasteiger partial charge in [0.2, 0.25) is 0 Å². The van der Waals surface area contributed by atoms with Crippen LogP contribution in [0.1, 0.15) is 6.92 Å². The van der Waals surface area contributed by atoms with E-state index < -0.39 is 30.5 Å². The van der Waals surface area contributed by atoms with Crippen LogP contribution in [0.3, 0.4) is 0 Å². The summed E-state index contributed by atoms with van der Waals surface area (Å²) in [6.45, 7) is 1.17. The summed E-state index contributed by atoms with van der Waals surface area (Å²) in [5.74, 6) is -1.84. The van der Waals surface area contributed by atoms with E-state index in [1.807, 2.05) is 0 Å². The van der Waals surface area contributed by atoms with Crippen LogP contribution in [0.2, 0.25) is 0 Å². The molecule has 0 aliphatic heterocycles. The van der Waals surface area contributed by atoms with Crippen molar-refractivity contribution in [1.82, 2.24) is 5.32 Å². The quantitative estimate of drug-likeness (QED) is 0.738. The maximum Gasteiger partial charge on any atom is 0.328 e. The van der Waals surface area contributed by atoms with E-state index in [0.29, 0.717) is 5.69 Å². The van der Waals surface area contributed by atoms with Crippen molar-refractivity contribution >= 4 is 17.7 Å². The summed E-state index contributed by atoms with van der Waals surface area (Å²) in [5.41, 5.74) is 0.307. The highest BCUT2D eigenvalue weighted by Crippen LogP contribution is 2.15. The Morgan fingerprint density at radius 1 is 1.47 bits per heavy atom. The van der Waals surface area contributed by atoms with Crippen molar-refractivity contribution in [2.45, 2.75) is 13.0 Å². The number of urea groups is 1. The number of aliphatic hydroxyl groups excluding tert-OH is 1. The number of aliphatic hydroxyl groups is 1. The Bertz CT molecular complexity index is 467. The molecule has 19 heavy (non-hydrogen) atoms. The third kappa shape index (κ3) is 3.92. The molecule has 1 atom stereocenters. The standard InChI is InChI=1S/C12H15FN2O4/c1-2-15(9-5-3-4-8(13)6-9)12(19)14-10(7-16)11(17)18/h3-6,10,16H,2,7H2,1H3,(H,14,19)(H,17,18). The highest BCUT2D eigenvalue weighted by molar-refractivity contribution is 5.94. The van der Waals surface area contributed by atoms with Gasteiger partial charge in [-0.2, -0.15) is 0 Å². The molecule has 1 aromatic rings. The molecule has 0 saturated carbocycles. The SMILES string of the molecule is CCN(C(=O)NC(CO)C(=O)O)c1cccc(F)c1. The van der Waals surface area contributed by atoms with Crippen LogP contribution in [-0.2, 0) is 4.79 Å². The van der Waals surface area contributed by atoms with E-state index in [1.165, 1.54) is 23.1 Å². The fourth-order valence-electron chi connectivity index (χ4n) is 1.50. The van der Waals surface area contributed by atoms with Gasteiger partial charge >= 0.3 is 12.0 Å². The van der Waals surface area contributed by atoms with Crippen LogP contribution >= 0.6 is 0 Å². The Morgan fingerprint density at radius 2 is 2.16 bits per heavy atom. The van der Waals surface area contributed by atoms with E-state index >= 15 is 0 Å². The number of carbonyl (C=O) groups is 2. The number of hydrogen-bond donors (Lipinski definition) is 3. The zero-order valence-electron chi connectivity index (χ0n) is 10.3. The molecule has 0 aliphatic carbocycles. The average molecular weight is 270 g/mol. The smallest absolute Gasteiger partial charge is 0.328 e. The van der Waals surface area contributed by atoms with Gasteiger partial charge in [0.05, 0.1) is 6.61 Å². The second kappa shape index (κ2) is 6.69. The Hall–Kier alpha value is -2.15. The zero-order chi connectivity index (χ0) is 14.4. The number of amides is 2. The zero-order valence-corrected chi connectivity index (χ0v) is 10.3. The van der Waals surface area contributed by atoms with Crippen molar-refractivity contribution in [3.05, 3.63) is 30.1 Å². The molecule has 2 amide bonds. The van der Waals surface area contributed by atoms with E-state index in [-0.39, 0.29) is 6.54 Å². The molecular weight excluding hydrogens is 255 g/mol. The van der Waals surface area contributed by atoms with Crippen molar-refractivity contribution < 1.29 is 24.2 Å². The predicted octanol–water partition coefficient (Wildman–Crippen LogP) is 0.807. The largest absolute Gasteiger partial charge is 0.480 e. The monoisotopic (exact) mass is 270 g/mol. The summed E-state index contributed by atoms with van der Waals surface area (Å²) >= 11 is 0. The summed E-state index contributed by atoms with van der Waals surface area (Å²) in [5, 5.41) is 19.7. The Labute approximate surface area is 109 Å². The summed E-state index contributed by atoms with van der Waals surface area (Å²) in [7, 11) is 0. The van der Waals surface area contributed by atoms with Gasteiger partial charge in [0.1, 0.15) is 5.82 Å². The first-order valence-corrected chi connectivity index (χ1v) is 5.66. The number of carbonyl (C=O) groups excluding carboxylic acids is 1. The molecule has 104 valence electrons. The summed E-state index contributed by atoms with van der Waals surface area (Å²) in [6.07, 6.45) is 0. The van der Waals surface area contributed by atoms with E-state index in [4.69, 9.17) is 10.2 Å². The Kier molecular flexibility index (Phi) is 5.25. The lowest BCUT2D eigenvalue weighted by Gasteiger charge is -2.23. The number of carboxylic acids is 1. The van der Waals surface area contributed by atoms with E-state index in [0.717, 1.165) is 6.07 Å². The van der Waals surface area contributed by atoms with Gasteiger partial charge in [-0.15, -0.1) is 0 Å². The number of halogens is 1. The Balaban J connectivity index is 2.85. The van der Waals surface area contributed by atoms with Gasteiger partial charge in [-0.1, -0.05) is 6.07 Å². The molecule has 0 heterocycles. The summed E-state index contributed by atoms with van der Waals surface area (Å²) in [4.78, 5) is 23.8. The molecule has 0 radical (unpaired) electrons. The minimum atomic E-state index is -1.39. The lowest BCUT2D eigenvalue weighted by molar-refractivity contribution is -0.140. The van der Waals surface area contributed by atoms with Crippen LogP contribution in [0.4, 0.5) is 14.9 Å². The third-order valence-electron chi connectivity index (χ3n) is 2.46. The normalized spacial score (nSPS) is 11.7. The van der Waals surface area contributed by atoms with Gasteiger partial charge in [0, 0.05) is 12.2 Å². The third-order valence-corrected chi connectivity index (χ3v) is 2.46. The molecule has 6 nitrogen and oxygen atoms in total. The van der Waals surface area contributed by atoms with Gasteiger partial charge in [-0.05, 0) is 25.1 Å². The minimum absolute atomic E-state index is 0.229.